The zero-order chi connectivity index (χ0) is 16.4. The van der Waals surface area contributed by atoms with Gasteiger partial charge < -0.3 is 14.7 Å². The molecule has 0 spiro atoms. The topological polar surface area (TPSA) is 97.6 Å². The Morgan fingerprint density at radius 2 is 2.04 bits per heavy atom. The van der Waals surface area contributed by atoms with Crippen molar-refractivity contribution in [1.29, 1.82) is 0 Å². The molecule has 0 aliphatic carbocycles. The van der Waals surface area contributed by atoms with Crippen LogP contribution in [0.1, 0.15) is 16.8 Å². The van der Waals surface area contributed by atoms with Crippen LogP contribution >= 0.6 is 0 Å². The lowest BCUT2D eigenvalue weighted by molar-refractivity contribution is -0.141. The molecule has 3 rings (SSSR count). The fraction of sp³-hybridized carbons (Fsp3) is 0.333. The first-order chi connectivity index (χ1) is 11.1. The van der Waals surface area contributed by atoms with Gasteiger partial charge in [0.25, 0.3) is 5.91 Å². The fourth-order valence-electron chi connectivity index (χ4n) is 2.70. The Labute approximate surface area is 132 Å². The summed E-state index contributed by atoms with van der Waals surface area (Å²) in [5.41, 5.74) is 1.20. The molecule has 2 unspecified atom stereocenters. The highest BCUT2D eigenvalue weighted by Gasteiger charge is 2.40. The highest BCUT2D eigenvalue weighted by molar-refractivity contribution is 5.97. The van der Waals surface area contributed by atoms with Gasteiger partial charge in [-0.3, -0.25) is 4.79 Å². The van der Waals surface area contributed by atoms with Crippen LogP contribution in [0.3, 0.4) is 0 Å². The van der Waals surface area contributed by atoms with Crippen molar-refractivity contribution in [3.8, 4) is 5.69 Å². The Balaban J connectivity index is 1.80. The van der Waals surface area contributed by atoms with Gasteiger partial charge in [0.15, 0.2) is 0 Å². The van der Waals surface area contributed by atoms with Crippen molar-refractivity contribution in [2.45, 2.75) is 18.6 Å². The Bertz CT molecular complexity index is 699. The molecule has 1 aliphatic heterocycles. The summed E-state index contributed by atoms with van der Waals surface area (Å²) in [6, 6.07) is 5.92. The standard InChI is InChI=1S/C15H16N4O4/c1-23-12-8-13(15(21)22)18(9-12)14(20)10-2-4-11(5-3-10)19-7-6-16-17-19/h2-7,12-13H,8-9H2,1H3,(H,21,22). The predicted molar refractivity (Wildman–Crippen MR) is 79.2 cm³/mol. The SMILES string of the molecule is COC1CC(C(=O)O)N(C(=O)c2ccc(-n3ccnn3)cc2)C1. The molecule has 1 saturated heterocycles. The van der Waals surface area contributed by atoms with Gasteiger partial charge in [0.2, 0.25) is 0 Å². The smallest absolute Gasteiger partial charge is 0.326 e. The number of nitrogens with zero attached hydrogens (tertiary/aromatic N) is 4. The van der Waals surface area contributed by atoms with E-state index in [1.165, 1.54) is 12.0 Å². The van der Waals surface area contributed by atoms with E-state index in [4.69, 9.17) is 4.74 Å². The van der Waals surface area contributed by atoms with Gasteiger partial charge in [-0.1, -0.05) is 5.21 Å². The molecule has 23 heavy (non-hydrogen) atoms. The summed E-state index contributed by atoms with van der Waals surface area (Å²) < 4.78 is 6.77. The van der Waals surface area contributed by atoms with Crippen molar-refractivity contribution in [2.75, 3.05) is 13.7 Å². The van der Waals surface area contributed by atoms with Crippen LogP contribution in [0.15, 0.2) is 36.7 Å². The molecule has 2 aromatic rings. The number of rotatable bonds is 4. The molecular formula is C15H16N4O4. The van der Waals surface area contributed by atoms with Crippen molar-refractivity contribution in [1.82, 2.24) is 19.9 Å². The Morgan fingerprint density at radius 1 is 1.30 bits per heavy atom. The van der Waals surface area contributed by atoms with E-state index in [0.717, 1.165) is 5.69 Å². The summed E-state index contributed by atoms with van der Waals surface area (Å²) in [4.78, 5) is 25.3. The molecule has 1 fully saturated rings. The summed E-state index contributed by atoms with van der Waals surface area (Å²) in [6.07, 6.45) is 3.30. The Kier molecular flexibility index (Phi) is 4.07. The highest BCUT2D eigenvalue weighted by atomic mass is 16.5. The number of carbonyl (C=O) groups excluding carboxylic acids is 1. The highest BCUT2D eigenvalue weighted by Crippen LogP contribution is 2.23. The van der Waals surface area contributed by atoms with Gasteiger partial charge in [-0.25, -0.2) is 9.48 Å². The van der Waals surface area contributed by atoms with Gasteiger partial charge in [-0.05, 0) is 24.3 Å². The third-order valence-electron chi connectivity index (χ3n) is 3.94. The van der Waals surface area contributed by atoms with Gasteiger partial charge in [0.05, 0.1) is 24.2 Å². The van der Waals surface area contributed by atoms with E-state index >= 15 is 0 Å². The maximum atomic E-state index is 12.6. The van der Waals surface area contributed by atoms with Gasteiger partial charge >= 0.3 is 5.97 Å². The lowest BCUT2D eigenvalue weighted by atomic mass is 10.1. The molecule has 8 nitrogen and oxygen atoms in total. The number of ether oxygens (including phenoxy) is 1. The summed E-state index contributed by atoms with van der Waals surface area (Å²) in [6.45, 7) is 0.275. The van der Waals surface area contributed by atoms with Crippen molar-refractivity contribution in [3.05, 3.63) is 42.2 Å². The zero-order valence-corrected chi connectivity index (χ0v) is 12.5. The van der Waals surface area contributed by atoms with Crippen LogP contribution in [0.2, 0.25) is 0 Å². The first-order valence-corrected chi connectivity index (χ1v) is 7.13. The summed E-state index contributed by atoms with van der Waals surface area (Å²) in [5.74, 6) is -1.33. The summed E-state index contributed by atoms with van der Waals surface area (Å²) >= 11 is 0. The number of carbonyl (C=O) groups is 2. The number of amides is 1. The van der Waals surface area contributed by atoms with Gasteiger partial charge in [-0.15, -0.1) is 5.10 Å². The first-order valence-electron chi connectivity index (χ1n) is 7.13. The number of hydrogen-bond donors (Lipinski definition) is 1. The first kappa shape index (κ1) is 15.2. The number of aromatic nitrogens is 3. The molecule has 0 radical (unpaired) electrons. The average Bonchev–Trinajstić information content (AvgIpc) is 3.23. The van der Waals surface area contributed by atoms with E-state index in [2.05, 4.69) is 10.3 Å². The molecule has 120 valence electrons. The maximum Gasteiger partial charge on any atom is 0.326 e. The Hall–Kier alpha value is -2.74. The van der Waals surface area contributed by atoms with E-state index in [9.17, 15) is 14.7 Å². The van der Waals surface area contributed by atoms with E-state index in [0.29, 0.717) is 12.0 Å². The van der Waals surface area contributed by atoms with Gasteiger partial charge in [-0.2, -0.15) is 0 Å². The molecule has 0 bridgehead atoms. The van der Waals surface area contributed by atoms with E-state index in [1.807, 2.05) is 0 Å². The summed E-state index contributed by atoms with van der Waals surface area (Å²) in [7, 11) is 1.52. The van der Waals surface area contributed by atoms with Gasteiger partial charge in [0, 0.05) is 25.6 Å². The quantitative estimate of drug-likeness (QED) is 0.886. The number of hydrogen-bond acceptors (Lipinski definition) is 5. The molecule has 1 amide bonds. The number of aliphatic carboxylic acids is 1. The second-order valence-electron chi connectivity index (χ2n) is 5.30. The third-order valence-corrected chi connectivity index (χ3v) is 3.94. The second kappa shape index (κ2) is 6.17. The lowest BCUT2D eigenvalue weighted by Gasteiger charge is -2.21. The van der Waals surface area contributed by atoms with Crippen LogP contribution in [0.4, 0.5) is 0 Å². The molecular weight excluding hydrogens is 300 g/mol. The lowest BCUT2D eigenvalue weighted by Crippen LogP contribution is -2.40. The number of likely N-dealkylation sites (tertiary alicyclic amines) is 1. The van der Waals surface area contributed by atoms with Gasteiger partial charge in [0.1, 0.15) is 6.04 Å². The van der Waals surface area contributed by atoms with Crippen LogP contribution in [0.25, 0.3) is 5.69 Å². The maximum absolute atomic E-state index is 12.6. The molecule has 8 heteroatoms. The molecule has 1 aromatic carbocycles. The van der Waals surface area contributed by atoms with Crippen molar-refractivity contribution in [2.24, 2.45) is 0 Å². The van der Waals surface area contributed by atoms with E-state index in [-0.39, 0.29) is 18.6 Å². The van der Waals surface area contributed by atoms with Crippen LogP contribution in [-0.2, 0) is 9.53 Å². The normalized spacial score (nSPS) is 20.7. The zero-order valence-electron chi connectivity index (χ0n) is 12.5. The van der Waals surface area contributed by atoms with E-state index < -0.39 is 12.0 Å². The second-order valence-corrected chi connectivity index (χ2v) is 5.30. The van der Waals surface area contributed by atoms with Crippen LogP contribution in [0.5, 0.6) is 0 Å². The number of methoxy groups -OCH3 is 1. The molecule has 2 heterocycles. The monoisotopic (exact) mass is 316 g/mol. The third kappa shape index (κ3) is 2.93. The minimum Gasteiger partial charge on any atom is -0.480 e. The molecule has 1 aliphatic rings. The molecule has 1 aromatic heterocycles. The molecule has 1 N–H and O–H groups in total. The number of carboxylic acid groups (broad SMARTS) is 1. The van der Waals surface area contributed by atoms with Crippen LogP contribution in [0, 0.1) is 0 Å². The van der Waals surface area contributed by atoms with Crippen LogP contribution in [-0.4, -0.2) is 62.7 Å². The van der Waals surface area contributed by atoms with Crippen molar-refractivity contribution >= 4 is 11.9 Å². The van der Waals surface area contributed by atoms with Crippen molar-refractivity contribution in [3.63, 3.8) is 0 Å². The predicted octanol–water partition coefficient (Wildman–Crippen LogP) is 0.581. The number of carboxylic acids is 1. The molecule has 2 atom stereocenters. The van der Waals surface area contributed by atoms with Crippen molar-refractivity contribution < 1.29 is 19.4 Å². The minimum atomic E-state index is -1.02. The Morgan fingerprint density at radius 3 is 2.61 bits per heavy atom. The fourth-order valence-corrected chi connectivity index (χ4v) is 2.70. The largest absolute Gasteiger partial charge is 0.480 e. The summed E-state index contributed by atoms with van der Waals surface area (Å²) in [5, 5.41) is 16.9. The minimum absolute atomic E-state index is 0.255. The molecule has 0 saturated carbocycles. The number of benzene rings is 1. The van der Waals surface area contributed by atoms with Crippen LogP contribution < -0.4 is 0 Å². The average molecular weight is 316 g/mol. The van der Waals surface area contributed by atoms with E-state index in [1.54, 1.807) is 41.3 Å².